The van der Waals surface area contributed by atoms with Crippen molar-refractivity contribution in [3.8, 4) is 0 Å². The molecule has 3 rings (SSSR count). The van der Waals surface area contributed by atoms with Gasteiger partial charge in [0, 0.05) is 48.8 Å². The molecule has 0 bridgehead atoms. The first-order chi connectivity index (χ1) is 9.59. The van der Waals surface area contributed by atoms with Crippen LogP contribution in [0.2, 0.25) is 0 Å². The maximum Gasteiger partial charge on any atom is 0.243 e. The summed E-state index contributed by atoms with van der Waals surface area (Å²) < 4.78 is 27.2. The molecule has 114 valence electrons. The van der Waals surface area contributed by atoms with Crippen molar-refractivity contribution in [3.63, 3.8) is 0 Å². The molecule has 21 heavy (non-hydrogen) atoms. The summed E-state index contributed by atoms with van der Waals surface area (Å²) in [4.78, 5) is 4.41. The molecule has 1 aromatic heterocycles. The average molecular weight is 328 g/mol. The number of sulfonamides is 1. The van der Waals surface area contributed by atoms with Crippen LogP contribution in [0.15, 0.2) is 41.6 Å². The van der Waals surface area contributed by atoms with E-state index >= 15 is 0 Å². The van der Waals surface area contributed by atoms with Crippen molar-refractivity contribution in [2.24, 2.45) is 0 Å². The van der Waals surface area contributed by atoms with E-state index < -0.39 is 10.0 Å². The second kappa shape index (κ2) is 6.27. The largest absolute Gasteiger partial charge is 0.312 e. The summed E-state index contributed by atoms with van der Waals surface area (Å²) in [5, 5.41) is 4.83. The van der Waals surface area contributed by atoms with Crippen molar-refractivity contribution < 1.29 is 8.42 Å². The van der Waals surface area contributed by atoms with Crippen molar-refractivity contribution in [3.05, 3.63) is 36.7 Å². The van der Waals surface area contributed by atoms with Crippen molar-refractivity contribution in [2.45, 2.75) is 17.9 Å². The van der Waals surface area contributed by atoms with Crippen molar-refractivity contribution in [1.82, 2.24) is 14.6 Å². The molecule has 0 radical (unpaired) electrons. The Labute approximate surface area is 130 Å². The molecular weight excluding hydrogens is 310 g/mol. The maximum absolute atomic E-state index is 12.8. The van der Waals surface area contributed by atoms with Gasteiger partial charge in [0.2, 0.25) is 10.0 Å². The highest BCUT2D eigenvalue weighted by Gasteiger charge is 2.29. The predicted molar refractivity (Wildman–Crippen MR) is 85.2 cm³/mol. The Morgan fingerprint density at radius 2 is 2.14 bits per heavy atom. The van der Waals surface area contributed by atoms with E-state index in [1.165, 1.54) is 0 Å². The first kappa shape index (κ1) is 16.2. The summed E-state index contributed by atoms with van der Waals surface area (Å²) in [7, 11) is -3.46. The number of halogens is 1. The predicted octanol–water partition coefficient (Wildman–Crippen LogP) is 1.64. The second-order valence-corrected chi connectivity index (χ2v) is 6.98. The fourth-order valence-corrected chi connectivity index (χ4v) is 4.32. The number of hydrogen-bond acceptors (Lipinski definition) is 4. The molecule has 1 aromatic carbocycles. The molecule has 2 aromatic rings. The number of nitrogens with zero attached hydrogens (tertiary/aromatic N) is 2. The summed E-state index contributed by atoms with van der Waals surface area (Å²) in [5.74, 6) is 0. The lowest BCUT2D eigenvalue weighted by atomic mass is 10.2. The molecular formula is C14H18ClN3O2S. The summed E-state index contributed by atoms with van der Waals surface area (Å²) >= 11 is 0. The summed E-state index contributed by atoms with van der Waals surface area (Å²) in [5.41, 5.74) is 0. The number of rotatable bonds is 2. The standard InChI is InChI=1S/C14H17N3O2S.ClH/c1-11-10-17(8-7-16-11)20(18,19)14-4-2-3-12-9-15-6-5-13(12)14;/h2-6,9,11,16H,7-8,10H2,1H3;1H. The molecule has 5 nitrogen and oxygen atoms in total. The number of piperazine rings is 1. The summed E-state index contributed by atoms with van der Waals surface area (Å²) in [6.45, 7) is 3.69. The Morgan fingerprint density at radius 1 is 1.33 bits per heavy atom. The van der Waals surface area contributed by atoms with Crippen molar-refractivity contribution in [1.29, 1.82) is 0 Å². The van der Waals surface area contributed by atoms with Crippen molar-refractivity contribution >= 4 is 33.2 Å². The highest BCUT2D eigenvalue weighted by Crippen LogP contribution is 2.25. The zero-order valence-electron chi connectivity index (χ0n) is 11.7. The van der Waals surface area contributed by atoms with Crippen LogP contribution in [-0.4, -0.2) is 43.4 Å². The van der Waals surface area contributed by atoms with Crippen LogP contribution in [0.1, 0.15) is 6.92 Å². The zero-order chi connectivity index (χ0) is 14.2. The van der Waals surface area contributed by atoms with Gasteiger partial charge >= 0.3 is 0 Å². The smallest absolute Gasteiger partial charge is 0.243 e. The van der Waals surface area contributed by atoms with Crippen LogP contribution in [0.25, 0.3) is 10.8 Å². The lowest BCUT2D eigenvalue weighted by Crippen LogP contribution is -2.51. The number of nitrogens with one attached hydrogen (secondary N) is 1. The Hall–Kier alpha value is -1.21. The zero-order valence-corrected chi connectivity index (χ0v) is 13.3. The average Bonchev–Trinajstić information content (AvgIpc) is 2.46. The van der Waals surface area contributed by atoms with Gasteiger partial charge in [-0.2, -0.15) is 4.31 Å². The maximum atomic E-state index is 12.8. The minimum absolute atomic E-state index is 0. The van der Waals surface area contributed by atoms with E-state index in [0.29, 0.717) is 24.5 Å². The third-order valence-electron chi connectivity index (χ3n) is 3.59. The Balaban J connectivity index is 0.00000161. The van der Waals surface area contributed by atoms with Crippen LogP contribution < -0.4 is 5.32 Å². The molecule has 1 aliphatic heterocycles. The van der Waals surface area contributed by atoms with Gasteiger partial charge in [0.1, 0.15) is 0 Å². The van der Waals surface area contributed by atoms with Crippen LogP contribution in [0, 0.1) is 0 Å². The molecule has 0 amide bonds. The van der Waals surface area contributed by atoms with Gasteiger partial charge in [0.25, 0.3) is 0 Å². The van der Waals surface area contributed by atoms with Gasteiger partial charge in [-0.05, 0) is 19.1 Å². The van der Waals surface area contributed by atoms with Crippen LogP contribution in [0.4, 0.5) is 0 Å². The topological polar surface area (TPSA) is 62.3 Å². The second-order valence-electron chi connectivity index (χ2n) is 5.07. The number of aromatic nitrogens is 1. The van der Waals surface area contributed by atoms with Gasteiger partial charge in [0.15, 0.2) is 0 Å². The lowest BCUT2D eigenvalue weighted by molar-refractivity contribution is 0.310. The monoisotopic (exact) mass is 327 g/mol. The SMILES string of the molecule is CC1CN(S(=O)(=O)c2cccc3cnccc23)CCN1.Cl. The van der Waals surface area contributed by atoms with Gasteiger partial charge in [-0.1, -0.05) is 12.1 Å². The van der Waals surface area contributed by atoms with Crippen LogP contribution in [-0.2, 0) is 10.0 Å². The van der Waals surface area contributed by atoms with Crippen LogP contribution >= 0.6 is 12.4 Å². The lowest BCUT2D eigenvalue weighted by Gasteiger charge is -2.31. The van der Waals surface area contributed by atoms with Crippen LogP contribution in [0.5, 0.6) is 0 Å². The van der Waals surface area contributed by atoms with Gasteiger partial charge in [0.05, 0.1) is 4.90 Å². The first-order valence-corrected chi connectivity index (χ1v) is 8.09. The fraction of sp³-hybridized carbons (Fsp3) is 0.357. The molecule has 1 atom stereocenters. The molecule has 1 saturated heterocycles. The molecule has 1 fully saturated rings. The minimum Gasteiger partial charge on any atom is -0.312 e. The summed E-state index contributed by atoms with van der Waals surface area (Å²) in [6, 6.07) is 7.25. The van der Waals surface area contributed by atoms with E-state index in [9.17, 15) is 8.42 Å². The van der Waals surface area contributed by atoms with E-state index in [2.05, 4.69) is 10.3 Å². The number of fused-ring (bicyclic) bond motifs is 1. The van der Waals surface area contributed by atoms with Crippen LogP contribution in [0.3, 0.4) is 0 Å². The van der Waals surface area contributed by atoms with E-state index in [4.69, 9.17) is 0 Å². The quantitative estimate of drug-likeness (QED) is 0.911. The normalized spacial score (nSPS) is 20.1. The fourth-order valence-electron chi connectivity index (χ4n) is 2.57. The third-order valence-corrected chi connectivity index (χ3v) is 5.51. The highest BCUT2D eigenvalue weighted by molar-refractivity contribution is 7.89. The molecule has 2 heterocycles. The van der Waals surface area contributed by atoms with Crippen molar-refractivity contribution in [2.75, 3.05) is 19.6 Å². The number of hydrogen-bond donors (Lipinski definition) is 1. The molecule has 1 aliphatic rings. The Bertz CT molecular complexity index is 731. The van der Waals surface area contributed by atoms with Gasteiger partial charge in [-0.25, -0.2) is 8.42 Å². The van der Waals surface area contributed by atoms with Gasteiger partial charge in [-0.3, -0.25) is 4.98 Å². The molecule has 7 heteroatoms. The molecule has 0 aliphatic carbocycles. The molecule has 1 N–H and O–H groups in total. The number of pyridine rings is 1. The Kier molecular flexibility index (Phi) is 4.83. The van der Waals surface area contributed by atoms with Gasteiger partial charge in [-0.15, -0.1) is 12.4 Å². The molecule has 0 saturated carbocycles. The molecule has 0 spiro atoms. The van der Waals surface area contributed by atoms with E-state index in [1.807, 2.05) is 13.0 Å². The number of benzene rings is 1. The van der Waals surface area contributed by atoms with Gasteiger partial charge < -0.3 is 5.32 Å². The molecule has 1 unspecified atom stereocenters. The first-order valence-electron chi connectivity index (χ1n) is 6.65. The van der Waals surface area contributed by atoms with E-state index in [-0.39, 0.29) is 18.4 Å². The van der Waals surface area contributed by atoms with E-state index in [1.54, 1.807) is 34.9 Å². The highest BCUT2D eigenvalue weighted by atomic mass is 35.5. The minimum atomic E-state index is -3.46. The summed E-state index contributed by atoms with van der Waals surface area (Å²) in [6.07, 6.45) is 3.32. The Morgan fingerprint density at radius 3 is 2.90 bits per heavy atom. The third kappa shape index (κ3) is 3.03. The van der Waals surface area contributed by atoms with E-state index in [0.717, 1.165) is 10.8 Å².